The van der Waals surface area contributed by atoms with Crippen LogP contribution in [0.4, 0.5) is 0 Å². The molecule has 0 aliphatic carbocycles. The van der Waals surface area contributed by atoms with E-state index in [0.29, 0.717) is 4.99 Å². The first kappa shape index (κ1) is 14.2. The summed E-state index contributed by atoms with van der Waals surface area (Å²) in [6.07, 6.45) is 0.966. The van der Waals surface area contributed by atoms with Gasteiger partial charge in [-0.2, -0.15) is 5.10 Å². The van der Waals surface area contributed by atoms with Crippen molar-refractivity contribution in [2.45, 2.75) is 27.2 Å². The Labute approximate surface area is 126 Å². The van der Waals surface area contributed by atoms with E-state index in [1.54, 1.807) is 0 Å². The van der Waals surface area contributed by atoms with Crippen molar-refractivity contribution in [3.05, 3.63) is 45.2 Å². The van der Waals surface area contributed by atoms with Gasteiger partial charge in [-0.25, -0.2) is 4.68 Å². The molecule has 0 aliphatic rings. The maximum atomic E-state index is 5.84. The number of thiocarbonyl (C=S) groups is 1. The molecule has 0 fully saturated rings. The Hall–Kier alpha value is -1.20. The van der Waals surface area contributed by atoms with Crippen molar-refractivity contribution >= 4 is 33.1 Å². The number of hydrogen-bond acceptors (Lipinski definition) is 2. The number of nitrogens with zero attached hydrogens (tertiary/aromatic N) is 2. The molecule has 0 aliphatic heterocycles. The Kier molecular flexibility index (Phi) is 4.06. The van der Waals surface area contributed by atoms with Crippen molar-refractivity contribution in [2.75, 3.05) is 0 Å². The summed E-state index contributed by atoms with van der Waals surface area (Å²) in [5, 5.41) is 4.62. The van der Waals surface area contributed by atoms with Gasteiger partial charge in [0.05, 0.1) is 11.4 Å². The van der Waals surface area contributed by atoms with Gasteiger partial charge in [0, 0.05) is 15.7 Å². The molecule has 0 saturated carbocycles. The highest BCUT2D eigenvalue weighted by molar-refractivity contribution is 9.10. The minimum Gasteiger partial charge on any atom is -0.389 e. The van der Waals surface area contributed by atoms with Crippen molar-refractivity contribution in [1.29, 1.82) is 0 Å². The van der Waals surface area contributed by atoms with Crippen molar-refractivity contribution < 1.29 is 0 Å². The third kappa shape index (κ3) is 2.44. The molecule has 0 atom stereocenters. The summed E-state index contributed by atoms with van der Waals surface area (Å²) >= 11 is 8.66. The number of rotatable bonds is 3. The van der Waals surface area contributed by atoms with E-state index in [2.05, 4.69) is 34.9 Å². The monoisotopic (exact) mass is 337 g/mol. The molecule has 2 N–H and O–H groups in total. The Morgan fingerprint density at radius 1 is 1.42 bits per heavy atom. The van der Waals surface area contributed by atoms with Crippen LogP contribution >= 0.6 is 28.1 Å². The average molecular weight is 338 g/mol. The molecule has 19 heavy (non-hydrogen) atoms. The summed E-state index contributed by atoms with van der Waals surface area (Å²) in [4.78, 5) is 0.369. The molecule has 5 heteroatoms. The molecule has 0 radical (unpaired) electrons. The van der Waals surface area contributed by atoms with Gasteiger partial charge in [-0.15, -0.1) is 0 Å². The van der Waals surface area contributed by atoms with Gasteiger partial charge >= 0.3 is 0 Å². The minimum absolute atomic E-state index is 0.369. The molecular weight excluding hydrogens is 322 g/mol. The highest BCUT2D eigenvalue weighted by Crippen LogP contribution is 2.26. The molecule has 0 bridgehead atoms. The number of aryl methyl sites for hydroxylation is 1. The zero-order valence-electron chi connectivity index (χ0n) is 11.2. The van der Waals surface area contributed by atoms with E-state index in [1.165, 1.54) is 5.56 Å². The predicted octanol–water partition coefficient (Wildman–Crippen LogP) is 3.45. The first-order valence-corrected chi connectivity index (χ1v) is 7.31. The van der Waals surface area contributed by atoms with Gasteiger partial charge in [-0.3, -0.25) is 0 Å². The zero-order chi connectivity index (χ0) is 14.2. The summed E-state index contributed by atoms with van der Waals surface area (Å²) in [6, 6.07) is 5.88. The predicted molar refractivity (Wildman–Crippen MR) is 86.0 cm³/mol. The standard InChI is InChI=1S/C14H16BrN3S/c1-4-10-8(2)17-18(9(10)3)12-7-5-6-11(15)13(12)14(16)19/h5-7H,4H2,1-3H3,(H2,16,19). The Balaban J connectivity index is 2.73. The third-order valence-corrected chi connectivity index (χ3v) is 4.13. The largest absolute Gasteiger partial charge is 0.389 e. The van der Waals surface area contributed by atoms with E-state index in [4.69, 9.17) is 18.0 Å². The second-order valence-electron chi connectivity index (χ2n) is 4.41. The lowest BCUT2D eigenvalue weighted by atomic mass is 10.1. The second kappa shape index (κ2) is 5.43. The summed E-state index contributed by atoms with van der Waals surface area (Å²) in [5.74, 6) is 0. The van der Waals surface area contributed by atoms with E-state index < -0.39 is 0 Å². The number of hydrogen-bond donors (Lipinski definition) is 1. The van der Waals surface area contributed by atoms with E-state index in [-0.39, 0.29) is 0 Å². The number of benzene rings is 1. The number of nitrogens with two attached hydrogens (primary N) is 1. The highest BCUT2D eigenvalue weighted by atomic mass is 79.9. The average Bonchev–Trinajstić information content (AvgIpc) is 2.63. The van der Waals surface area contributed by atoms with Crippen molar-refractivity contribution in [3.8, 4) is 5.69 Å². The van der Waals surface area contributed by atoms with Crippen LogP contribution in [0.25, 0.3) is 5.69 Å². The summed E-state index contributed by atoms with van der Waals surface area (Å²) in [6.45, 7) is 6.24. The molecule has 2 rings (SSSR count). The molecule has 1 heterocycles. The van der Waals surface area contributed by atoms with E-state index in [0.717, 1.165) is 33.5 Å². The topological polar surface area (TPSA) is 43.8 Å². The quantitative estimate of drug-likeness (QED) is 0.872. The van der Waals surface area contributed by atoms with Crippen molar-refractivity contribution in [2.24, 2.45) is 5.73 Å². The first-order valence-electron chi connectivity index (χ1n) is 6.11. The van der Waals surface area contributed by atoms with Crippen LogP contribution < -0.4 is 5.73 Å². The Morgan fingerprint density at radius 2 is 2.11 bits per heavy atom. The maximum absolute atomic E-state index is 5.84. The fraction of sp³-hybridized carbons (Fsp3) is 0.286. The van der Waals surface area contributed by atoms with Crippen molar-refractivity contribution in [1.82, 2.24) is 9.78 Å². The van der Waals surface area contributed by atoms with Gasteiger partial charge < -0.3 is 5.73 Å². The fourth-order valence-corrected chi connectivity index (χ4v) is 3.27. The minimum atomic E-state index is 0.369. The lowest BCUT2D eigenvalue weighted by Crippen LogP contribution is -2.15. The van der Waals surface area contributed by atoms with Crippen LogP contribution in [0.5, 0.6) is 0 Å². The third-order valence-electron chi connectivity index (χ3n) is 3.26. The summed E-state index contributed by atoms with van der Waals surface area (Å²) < 4.78 is 2.82. The smallest absolute Gasteiger partial charge is 0.107 e. The number of halogens is 1. The van der Waals surface area contributed by atoms with E-state index in [9.17, 15) is 0 Å². The van der Waals surface area contributed by atoms with Crippen LogP contribution in [0.15, 0.2) is 22.7 Å². The maximum Gasteiger partial charge on any atom is 0.107 e. The van der Waals surface area contributed by atoms with Crippen LogP contribution in [-0.2, 0) is 6.42 Å². The highest BCUT2D eigenvalue weighted by Gasteiger charge is 2.16. The number of aromatic nitrogens is 2. The molecular formula is C14H16BrN3S. The van der Waals surface area contributed by atoms with Gasteiger partial charge in [0.2, 0.25) is 0 Å². The zero-order valence-corrected chi connectivity index (χ0v) is 13.6. The van der Waals surface area contributed by atoms with Crippen LogP contribution in [-0.4, -0.2) is 14.8 Å². The van der Waals surface area contributed by atoms with Crippen LogP contribution in [0.3, 0.4) is 0 Å². The Bertz CT molecular complexity index is 646. The molecule has 0 amide bonds. The van der Waals surface area contributed by atoms with Crippen LogP contribution in [0, 0.1) is 13.8 Å². The second-order valence-corrected chi connectivity index (χ2v) is 5.71. The van der Waals surface area contributed by atoms with Gasteiger partial charge in [-0.1, -0.05) is 25.2 Å². The van der Waals surface area contributed by atoms with Gasteiger partial charge in [0.25, 0.3) is 0 Å². The molecule has 0 spiro atoms. The van der Waals surface area contributed by atoms with Crippen LogP contribution in [0.2, 0.25) is 0 Å². The molecule has 1 aromatic carbocycles. The van der Waals surface area contributed by atoms with Crippen LogP contribution in [0.1, 0.15) is 29.4 Å². The van der Waals surface area contributed by atoms with E-state index >= 15 is 0 Å². The first-order chi connectivity index (χ1) is 8.97. The summed E-state index contributed by atoms with van der Waals surface area (Å²) in [7, 11) is 0. The molecule has 100 valence electrons. The Morgan fingerprint density at radius 3 is 2.63 bits per heavy atom. The molecule has 2 aromatic rings. The molecule has 0 saturated heterocycles. The van der Waals surface area contributed by atoms with E-state index in [1.807, 2.05) is 29.8 Å². The normalized spacial score (nSPS) is 10.7. The summed E-state index contributed by atoms with van der Waals surface area (Å²) in [5.41, 5.74) is 11.0. The molecule has 0 unspecified atom stereocenters. The molecule has 3 nitrogen and oxygen atoms in total. The lowest BCUT2D eigenvalue weighted by molar-refractivity contribution is 0.830. The van der Waals surface area contributed by atoms with Gasteiger partial charge in [0.1, 0.15) is 4.99 Å². The molecule has 1 aromatic heterocycles. The SMILES string of the molecule is CCc1c(C)nn(-c2cccc(Br)c2C(N)=S)c1C. The van der Waals surface area contributed by atoms with Crippen molar-refractivity contribution in [3.63, 3.8) is 0 Å². The van der Waals surface area contributed by atoms with Gasteiger partial charge in [-0.05, 0) is 53.9 Å². The van der Waals surface area contributed by atoms with Gasteiger partial charge in [0.15, 0.2) is 0 Å². The lowest BCUT2D eigenvalue weighted by Gasteiger charge is -2.12. The fourth-order valence-electron chi connectivity index (χ4n) is 2.35.